The number of aliphatic hydroxyl groups is 2. The summed E-state index contributed by atoms with van der Waals surface area (Å²) in [4.78, 5) is 104. The normalized spacial score (nSPS) is 15.0. The van der Waals surface area contributed by atoms with Gasteiger partial charge in [0.15, 0.2) is 11.2 Å². The van der Waals surface area contributed by atoms with Crippen molar-refractivity contribution in [3.05, 3.63) is 64.0 Å². The summed E-state index contributed by atoms with van der Waals surface area (Å²) in [6.45, 7) is 5.61. The van der Waals surface area contributed by atoms with Gasteiger partial charge in [0.1, 0.15) is 6.04 Å². The van der Waals surface area contributed by atoms with E-state index < -0.39 is 65.9 Å². The number of carbonyl (C=O) groups is 6. The van der Waals surface area contributed by atoms with Gasteiger partial charge in [-0.3, -0.25) is 48.6 Å². The minimum absolute atomic E-state index is 0.0906. The Morgan fingerprint density at radius 3 is 2.29 bits per heavy atom. The van der Waals surface area contributed by atoms with Gasteiger partial charge < -0.3 is 44.7 Å². The van der Waals surface area contributed by atoms with Crippen molar-refractivity contribution >= 4 is 58.3 Å². The van der Waals surface area contributed by atoms with Crippen LogP contribution in [0.15, 0.2) is 41.5 Å². The average Bonchev–Trinajstić information content (AvgIpc) is 4.01. The van der Waals surface area contributed by atoms with Gasteiger partial charge in [0, 0.05) is 69.1 Å². The van der Waals surface area contributed by atoms with Crippen LogP contribution in [0.25, 0.3) is 11.2 Å². The Morgan fingerprint density at radius 1 is 0.933 bits per heavy atom. The molecule has 0 radical (unpaired) electrons. The van der Waals surface area contributed by atoms with Gasteiger partial charge in [-0.1, -0.05) is 19.1 Å². The van der Waals surface area contributed by atoms with E-state index in [1.165, 1.54) is 0 Å². The predicted octanol–water partition coefficient (Wildman–Crippen LogP) is 0.969. The second kappa shape index (κ2) is 29.2. The van der Waals surface area contributed by atoms with Crippen LogP contribution >= 0.6 is 0 Å². The fourth-order valence-electron chi connectivity index (χ4n) is 7.50. The van der Waals surface area contributed by atoms with Crippen LogP contribution in [-0.4, -0.2) is 176 Å². The van der Waals surface area contributed by atoms with Crippen molar-refractivity contribution in [1.29, 1.82) is 0 Å². The summed E-state index contributed by atoms with van der Waals surface area (Å²) in [5.41, 5.74) is -1.30. The third kappa shape index (κ3) is 18.7. The number of carbonyl (C=O) groups excluding carboxylic acids is 6. The van der Waals surface area contributed by atoms with Crippen molar-refractivity contribution in [2.75, 3.05) is 76.7 Å². The van der Waals surface area contributed by atoms with Crippen LogP contribution in [0.1, 0.15) is 80.5 Å². The Balaban J connectivity index is 0.939. The van der Waals surface area contributed by atoms with E-state index in [1.807, 2.05) is 6.20 Å². The van der Waals surface area contributed by atoms with Crippen LogP contribution in [0, 0.1) is 5.92 Å². The van der Waals surface area contributed by atoms with Crippen molar-refractivity contribution < 1.29 is 71.1 Å². The lowest BCUT2D eigenvalue weighted by Crippen LogP contribution is -2.42. The molecule has 4 heterocycles. The number of ether oxygens (including phenoxy) is 4. The number of nitrogens with one attached hydrogen (secondary N) is 4. The number of fused-ring (bicyclic) bond motifs is 1. The average molecular weight is 1060 g/mol. The van der Waals surface area contributed by atoms with Gasteiger partial charge in [-0.25, -0.2) is 14.8 Å². The number of aryl methyl sites for hydroxylation is 2. The maximum atomic E-state index is 13.8. The van der Waals surface area contributed by atoms with Crippen LogP contribution < -0.4 is 26.4 Å². The summed E-state index contributed by atoms with van der Waals surface area (Å²) >= 11 is 0. The van der Waals surface area contributed by atoms with E-state index in [1.54, 1.807) is 23.4 Å². The number of nitrogens with zero attached hydrogens (tertiary/aromatic N) is 8. The molecule has 6 N–H and O–H groups in total. The maximum Gasteiger partial charge on any atom is 0.471 e. The molecule has 0 spiro atoms. The number of hydrogen-bond acceptors (Lipinski definition) is 18. The summed E-state index contributed by atoms with van der Waals surface area (Å²) in [7, 11) is 1.09. The summed E-state index contributed by atoms with van der Waals surface area (Å²) in [6, 6.07) is 2.77. The number of alkyl halides is 3. The first kappa shape index (κ1) is 58.9. The molecule has 1 fully saturated rings. The summed E-state index contributed by atoms with van der Waals surface area (Å²) in [5, 5.41) is 35.1. The number of halogens is 3. The molecule has 0 bridgehead atoms. The van der Waals surface area contributed by atoms with Gasteiger partial charge >= 0.3 is 18.1 Å². The Hall–Kier alpha value is -7.01. The molecule has 75 heavy (non-hydrogen) atoms. The highest BCUT2D eigenvalue weighted by atomic mass is 19.4. The first-order valence-electron chi connectivity index (χ1n) is 24.3. The highest BCUT2D eigenvalue weighted by Gasteiger charge is 2.43. The first-order valence-corrected chi connectivity index (χ1v) is 24.3. The number of benzene rings is 1. The second-order valence-corrected chi connectivity index (χ2v) is 17.6. The molecule has 3 aromatic heterocycles. The fourth-order valence-corrected chi connectivity index (χ4v) is 7.50. The lowest BCUT2D eigenvalue weighted by Gasteiger charge is -2.24. The van der Waals surface area contributed by atoms with E-state index in [2.05, 4.69) is 46.2 Å². The number of aromatic nitrogens is 7. The van der Waals surface area contributed by atoms with E-state index >= 15 is 0 Å². The first-order chi connectivity index (χ1) is 35.9. The zero-order chi connectivity index (χ0) is 54.5. The predicted molar refractivity (Wildman–Crippen MR) is 258 cm³/mol. The lowest BCUT2D eigenvalue weighted by atomic mass is 10.1. The number of rotatable bonds is 30. The number of aliphatic hydroxyl groups excluding tert-OH is 2. The molecule has 0 unspecified atom stereocenters. The molecule has 4 aromatic rings. The van der Waals surface area contributed by atoms with Gasteiger partial charge in [-0.05, 0) is 62.8 Å². The molecule has 3 atom stereocenters. The monoisotopic (exact) mass is 1060 g/mol. The Morgan fingerprint density at radius 2 is 1.63 bits per heavy atom. The Kier molecular flexibility index (Phi) is 22.9. The molecule has 1 saturated heterocycles. The zero-order valence-corrected chi connectivity index (χ0v) is 41.8. The van der Waals surface area contributed by atoms with Crippen molar-refractivity contribution in [3.8, 4) is 0 Å². The minimum atomic E-state index is -5.34. The standard InChI is InChI=1S/C47H63F3N12O13/c1-29(2)41(67)56-46-55-40-39(43(69)57-46)53-32(24-52-40)26-62(45(71)47(48,49)50)33-11-9-30(10-12-33)42(68)54-36(44(70)72-3)13-14-37(65)51-15-5-17-73-19-21-75-22-20-74-18-6-16-60-25-31(58-59-60)7-4-8-38(66)61-27-35(64)23-34(61)28-63/h9-12,24-25,29,34-36,63-64H,4-8,13-23,26-28H2,1-3H3,(H,51,65)(H,54,68)(H2,52,55,56,57,67,69)/t34-,35+,36-/m0/s1. The van der Waals surface area contributed by atoms with E-state index in [-0.39, 0.29) is 78.5 Å². The van der Waals surface area contributed by atoms with Crippen molar-refractivity contribution in [2.45, 2.75) is 103 Å². The number of likely N-dealkylation sites (tertiary alicyclic amines) is 1. The minimum Gasteiger partial charge on any atom is -0.467 e. The third-order valence-corrected chi connectivity index (χ3v) is 11.5. The van der Waals surface area contributed by atoms with Gasteiger partial charge in [-0.15, -0.1) is 5.10 Å². The Labute approximate surface area is 428 Å². The molecule has 1 aliphatic rings. The van der Waals surface area contributed by atoms with E-state index in [0.717, 1.165) is 43.3 Å². The molecule has 1 aliphatic heterocycles. The topological polar surface area (TPSA) is 325 Å². The maximum absolute atomic E-state index is 13.8. The zero-order valence-electron chi connectivity index (χ0n) is 41.8. The largest absolute Gasteiger partial charge is 0.471 e. The molecular formula is C47H63F3N12O13. The number of esters is 1. The third-order valence-electron chi connectivity index (χ3n) is 11.5. The smallest absolute Gasteiger partial charge is 0.467 e. The molecule has 0 saturated carbocycles. The molecule has 28 heteroatoms. The molecule has 25 nitrogen and oxygen atoms in total. The van der Waals surface area contributed by atoms with E-state index in [9.17, 15) is 56.9 Å². The number of amides is 5. The molecule has 5 amide bonds. The Bertz CT molecular complexity index is 2600. The number of anilines is 2. The number of hydrogen-bond donors (Lipinski definition) is 6. The highest BCUT2D eigenvalue weighted by molar-refractivity contribution is 5.99. The van der Waals surface area contributed by atoms with Gasteiger partial charge in [0.05, 0.1) is 76.4 Å². The molecule has 5 rings (SSSR count). The summed E-state index contributed by atoms with van der Waals surface area (Å²) in [6.07, 6.45) is -0.379. The van der Waals surface area contributed by atoms with E-state index in [0.29, 0.717) is 89.6 Å². The van der Waals surface area contributed by atoms with Gasteiger partial charge in [0.2, 0.25) is 23.7 Å². The number of methoxy groups -OCH3 is 1. The molecule has 410 valence electrons. The fraction of sp³-hybridized carbons (Fsp3) is 0.574. The van der Waals surface area contributed by atoms with Crippen LogP contribution in [0.5, 0.6) is 0 Å². The van der Waals surface area contributed by atoms with Gasteiger partial charge in [0.25, 0.3) is 11.5 Å². The molecule has 1 aromatic carbocycles. The quantitative estimate of drug-likeness (QED) is 0.0313. The van der Waals surface area contributed by atoms with Crippen molar-refractivity contribution in [3.63, 3.8) is 0 Å². The van der Waals surface area contributed by atoms with Crippen LogP contribution in [0.3, 0.4) is 0 Å². The molecular weight excluding hydrogens is 998 g/mol. The SMILES string of the molecule is COC(=O)[C@H](CCC(=O)NCCCOCCOCCOCCCn1cc(CCCC(=O)N2C[C@H](O)C[C@H]2CO)nn1)NC(=O)c1ccc(N(Cc2cnc3nc(NC(=O)C(C)C)[nH]c(=O)c3n2)C(=O)C(F)(F)F)cc1. The lowest BCUT2D eigenvalue weighted by molar-refractivity contribution is -0.170. The van der Waals surface area contributed by atoms with Gasteiger partial charge in [-0.2, -0.15) is 18.2 Å². The second-order valence-electron chi connectivity index (χ2n) is 17.6. The van der Waals surface area contributed by atoms with Crippen LogP contribution in [0.2, 0.25) is 0 Å². The van der Waals surface area contributed by atoms with Crippen molar-refractivity contribution in [2.24, 2.45) is 5.92 Å². The summed E-state index contributed by atoms with van der Waals surface area (Å²) in [5.74, 6) is -5.57. The van der Waals surface area contributed by atoms with Crippen molar-refractivity contribution in [1.82, 2.24) is 50.5 Å². The number of aromatic amines is 1. The summed E-state index contributed by atoms with van der Waals surface area (Å²) < 4.78 is 64.6. The van der Waals surface area contributed by atoms with Crippen LogP contribution in [0.4, 0.5) is 24.8 Å². The number of β-amino-alcohol motifs (C(OH)–C–C–N with tert-alkyl or cyclic N) is 1. The number of H-pyrrole nitrogens is 1. The highest BCUT2D eigenvalue weighted by Crippen LogP contribution is 2.26. The molecule has 0 aliphatic carbocycles. The van der Waals surface area contributed by atoms with E-state index in [4.69, 9.17) is 18.9 Å². The van der Waals surface area contributed by atoms with Crippen LogP contribution in [-0.2, 0) is 62.4 Å².